The Bertz CT molecular complexity index is 888. The number of nitrogens with one attached hydrogen (secondary N) is 2. The molecule has 3 aromatic rings. The number of amides is 2. The molecule has 1 aromatic heterocycles. The molecule has 5 heteroatoms. The van der Waals surface area contributed by atoms with Gasteiger partial charge in [-0.2, -0.15) is 0 Å². The normalized spacial score (nSPS) is 11.7. The summed E-state index contributed by atoms with van der Waals surface area (Å²) in [6.07, 6.45) is 3.61. The lowest BCUT2D eigenvalue weighted by molar-refractivity contribution is -0.120. The molecule has 0 aliphatic heterocycles. The van der Waals surface area contributed by atoms with Crippen molar-refractivity contribution in [3.8, 4) is 0 Å². The highest BCUT2D eigenvalue weighted by molar-refractivity contribution is 6.02. The number of hydrogen-bond donors (Lipinski definition) is 2. The summed E-state index contributed by atoms with van der Waals surface area (Å²) in [4.78, 5) is 28.1. The van der Waals surface area contributed by atoms with Crippen molar-refractivity contribution in [3.63, 3.8) is 0 Å². The third-order valence-electron chi connectivity index (χ3n) is 3.92. The number of carbonyl (C=O) groups excluding carboxylic acids is 2. The maximum absolute atomic E-state index is 12.5. The number of nitrogens with zero attached hydrogens (tertiary/aromatic N) is 1. The molecule has 5 nitrogen and oxygen atoms in total. The first-order chi connectivity index (χ1) is 12.1. The maximum Gasteiger partial charge on any atom is 0.226 e. The molecule has 25 heavy (non-hydrogen) atoms. The second-order valence-corrected chi connectivity index (χ2v) is 5.82. The average Bonchev–Trinajstić information content (AvgIpc) is 2.62. The first kappa shape index (κ1) is 16.6. The van der Waals surface area contributed by atoms with Gasteiger partial charge in [-0.15, -0.1) is 0 Å². The summed E-state index contributed by atoms with van der Waals surface area (Å²) < 4.78 is 0. The Hall–Kier alpha value is -3.21. The number of fused-ring (bicyclic) bond motifs is 1. The van der Waals surface area contributed by atoms with Gasteiger partial charge >= 0.3 is 0 Å². The number of carbonyl (C=O) groups is 2. The van der Waals surface area contributed by atoms with Crippen molar-refractivity contribution in [2.75, 3.05) is 5.32 Å². The van der Waals surface area contributed by atoms with Crippen molar-refractivity contribution < 1.29 is 9.59 Å². The van der Waals surface area contributed by atoms with E-state index in [4.69, 9.17) is 0 Å². The summed E-state index contributed by atoms with van der Waals surface area (Å²) in [5, 5.41) is 7.67. The molecule has 3 rings (SSSR count). The Labute approximate surface area is 146 Å². The molecule has 2 aromatic carbocycles. The highest BCUT2D eigenvalue weighted by Gasteiger charge is 2.17. The minimum Gasteiger partial charge on any atom is -0.349 e. The van der Waals surface area contributed by atoms with Crippen LogP contribution in [0, 0.1) is 0 Å². The van der Waals surface area contributed by atoms with Crippen LogP contribution in [0.15, 0.2) is 67.0 Å². The zero-order chi connectivity index (χ0) is 17.6. The molecule has 126 valence electrons. The van der Waals surface area contributed by atoms with Crippen LogP contribution in [0.2, 0.25) is 0 Å². The quantitative estimate of drug-likeness (QED) is 0.751. The van der Waals surface area contributed by atoms with E-state index in [9.17, 15) is 9.59 Å². The molecular weight excluding hydrogens is 314 g/mol. The molecule has 2 N–H and O–H groups in total. The summed E-state index contributed by atoms with van der Waals surface area (Å²) >= 11 is 0. The van der Waals surface area contributed by atoms with Crippen LogP contribution in [0.1, 0.15) is 24.9 Å². The van der Waals surface area contributed by atoms with E-state index in [2.05, 4.69) is 15.6 Å². The lowest BCUT2D eigenvalue weighted by Gasteiger charge is -2.18. The zero-order valence-electron chi connectivity index (χ0n) is 13.9. The molecule has 0 bridgehead atoms. The highest BCUT2D eigenvalue weighted by Crippen LogP contribution is 2.23. The van der Waals surface area contributed by atoms with Gasteiger partial charge in [0.15, 0.2) is 0 Å². The molecule has 0 radical (unpaired) electrons. The molecule has 0 aliphatic carbocycles. The second kappa shape index (κ2) is 7.57. The summed E-state index contributed by atoms with van der Waals surface area (Å²) in [5.41, 5.74) is 1.63. The number of aromatic nitrogens is 1. The number of pyridine rings is 1. The van der Waals surface area contributed by atoms with Crippen LogP contribution < -0.4 is 10.6 Å². The fraction of sp³-hybridized carbons (Fsp3) is 0.150. The summed E-state index contributed by atoms with van der Waals surface area (Å²) in [6.45, 7) is 1.45. The Morgan fingerprint density at radius 3 is 2.60 bits per heavy atom. The van der Waals surface area contributed by atoms with Gasteiger partial charge in [0.05, 0.1) is 12.5 Å². The van der Waals surface area contributed by atoms with Crippen LogP contribution >= 0.6 is 0 Å². The number of benzene rings is 2. The van der Waals surface area contributed by atoms with Crippen molar-refractivity contribution in [3.05, 3.63) is 72.6 Å². The van der Waals surface area contributed by atoms with E-state index < -0.39 is 0 Å². The van der Waals surface area contributed by atoms with Crippen LogP contribution in [-0.2, 0) is 9.59 Å². The van der Waals surface area contributed by atoms with E-state index in [1.807, 2.05) is 54.6 Å². The molecule has 1 atom stereocenters. The van der Waals surface area contributed by atoms with Crippen LogP contribution in [0.25, 0.3) is 10.8 Å². The van der Waals surface area contributed by atoms with Crippen molar-refractivity contribution in [1.29, 1.82) is 0 Å². The van der Waals surface area contributed by atoms with Gasteiger partial charge in [-0.3, -0.25) is 14.6 Å². The van der Waals surface area contributed by atoms with E-state index in [1.165, 1.54) is 6.92 Å². The van der Waals surface area contributed by atoms with E-state index in [0.717, 1.165) is 22.0 Å². The third-order valence-corrected chi connectivity index (χ3v) is 3.92. The summed E-state index contributed by atoms with van der Waals surface area (Å²) in [5.74, 6) is -0.329. The van der Waals surface area contributed by atoms with Gasteiger partial charge in [0.25, 0.3) is 0 Å². The lowest BCUT2D eigenvalue weighted by atomic mass is 10.0. The molecule has 0 spiro atoms. The largest absolute Gasteiger partial charge is 0.349 e. The monoisotopic (exact) mass is 333 g/mol. The molecule has 0 saturated heterocycles. The van der Waals surface area contributed by atoms with Gasteiger partial charge in [-0.1, -0.05) is 42.5 Å². The third kappa shape index (κ3) is 4.20. The van der Waals surface area contributed by atoms with E-state index in [-0.39, 0.29) is 24.3 Å². The highest BCUT2D eigenvalue weighted by atomic mass is 16.2. The molecule has 1 heterocycles. The fourth-order valence-electron chi connectivity index (χ4n) is 2.80. The smallest absolute Gasteiger partial charge is 0.226 e. The van der Waals surface area contributed by atoms with Gasteiger partial charge in [0.2, 0.25) is 11.8 Å². The minimum absolute atomic E-state index is 0.158. The van der Waals surface area contributed by atoms with Crippen LogP contribution in [-0.4, -0.2) is 16.8 Å². The van der Waals surface area contributed by atoms with Gasteiger partial charge in [-0.05, 0) is 17.7 Å². The predicted molar refractivity (Wildman–Crippen MR) is 98.0 cm³/mol. The molecule has 0 aliphatic rings. The van der Waals surface area contributed by atoms with Gasteiger partial charge in [0, 0.05) is 35.8 Å². The first-order valence-corrected chi connectivity index (χ1v) is 8.08. The molecule has 2 amide bonds. The number of hydrogen-bond acceptors (Lipinski definition) is 3. The maximum atomic E-state index is 12.5. The van der Waals surface area contributed by atoms with Crippen LogP contribution in [0.4, 0.5) is 5.69 Å². The van der Waals surface area contributed by atoms with E-state index in [0.29, 0.717) is 0 Å². The molecular formula is C20H19N3O2. The van der Waals surface area contributed by atoms with Crippen molar-refractivity contribution >= 4 is 28.3 Å². The standard InChI is InChI=1S/C20H19N3O2/c1-14(24)22-19(15-6-3-2-4-7-15)12-20(25)23-18-9-5-8-16-13-21-11-10-17(16)18/h2-11,13,19H,12H2,1H3,(H,22,24)(H,23,25)/t19-/m1/s1. The lowest BCUT2D eigenvalue weighted by Crippen LogP contribution is -2.29. The SMILES string of the molecule is CC(=O)N[C@H](CC(=O)Nc1cccc2cnccc12)c1ccccc1. The molecule has 0 unspecified atom stereocenters. The zero-order valence-corrected chi connectivity index (χ0v) is 13.9. The summed E-state index contributed by atoms with van der Waals surface area (Å²) in [6, 6.07) is 16.7. The van der Waals surface area contributed by atoms with Crippen LogP contribution in [0.5, 0.6) is 0 Å². The van der Waals surface area contributed by atoms with E-state index in [1.54, 1.807) is 12.4 Å². The van der Waals surface area contributed by atoms with Gasteiger partial charge in [-0.25, -0.2) is 0 Å². The second-order valence-electron chi connectivity index (χ2n) is 5.82. The number of rotatable bonds is 5. The Morgan fingerprint density at radius 1 is 1.04 bits per heavy atom. The van der Waals surface area contributed by atoms with Gasteiger partial charge in [0.1, 0.15) is 0 Å². The van der Waals surface area contributed by atoms with Crippen molar-refractivity contribution in [2.24, 2.45) is 0 Å². The van der Waals surface area contributed by atoms with Crippen molar-refractivity contribution in [1.82, 2.24) is 10.3 Å². The van der Waals surface area contributed by atoms with E-state index >= 15 is 0 Å². The minimum atomic E-state index is -0.365. The molecule has 0 fully saturated rings. The average molecular weight is 333 g/mol. The molecule has 0 saturated carbocycles. The Balaban J connectivity index is 1.78. The topological polar surface area (TPSA) is 71.1 Å². The Kier molecular flexibility index (Phi) is 5.04. The van der Waals surface area contributed by atoms with Crippen molar-refractivity contribution in [2.45, 2.75) is 19.4 Å². The Morgan fingerprint density at radius 2 is 1.84 bits per heavy atom. The van der Waals surface area contributed by atoms with Crippen LogP contribution in [0.3, 0.4) is 0 Å². The fourth-order valence-corrected chi connectivity index (χ4v) is 2.80. The first-order valence-electron chi connectivity index (χ1n) is 8.08. The number of anilines is 1. The predicted octanol–water partition coefficient (Wildman–Crippen LogP) is 3.44. The summed E-state index contributed by atoms with van der Waals surface area (Å²) in [7, 11) is 0. The van der Waals surface area contributed by atoms with Gasteiger partial charge < -0.3 is 10.6 Å².